The predicted molar refractivity (Wildman–Crippen MR) is 36.0 cm³/mol. The van der Waals surface area contributed by atoms with E-state index in [1.165, 1.54) is 7.11 Å². The van der Waals surface area contributed by atoms with Gasteiger partial charge in [-0.2, -0.15) is 0 Å². The maximum Gasteiger partial charge on any atom is 0.335 e. The van der Waals surface area contributed by atoms with Gasteiger partial charge in [0, 0.05) is 0 Å². The molecule has 0 aromatic rings. The van der Waals surface area contributed by atoms with Gasteiger partial charge in [-0.15, -0.1) is 12.3 Å². The van der Waals surface area contributed by atoms with Gasteiger partial charge in [-0.25, -0.2) is 4.79 Å². The lowest BCUT2D eigenvalue weighted by molar-refractivity contribution is -0.151. The van der Waals surface area contributed by atoms with Crippen LogP contribution in [-0.2, 0) is 9.53 Å². The van der Waals surface area contributed by atoms with Crippen LogP contribution in [0.5, 0.6) is 0 Å². The highest BCUT2D eigenvalue weighted by Gasteiger charge is 2.20. The summed E-state index contributed by atoms with van der Waals surface area (Å²) in [7, 11) is 1.20. The van der Waals surface area contributed by atoms with Crippen molar-refractivity contribution in [1.29, 1.82) is 0 Å². The normalized spacial score (nSPS) is 15.0. The van der Waals surface area contributed by atoms with Crippen molar-refractivity contribution in [3.8, 4) is 12.3 Å². The van der Waals surface area contributed by atoms with E-state index in [4.69, 9.17) is 11.5 Å². The Balaban J connectivity index is 3.97. The van der Waals surface area contributed by atoms with Gasteiger partial charge >= 0.3 is 5.97 Å². The van der Waals surface area contributed by atoms with Crippen LogP contribution in [-0.4, -0.2) is 24.3 Å². The van der Waals surface area contributed by atoms with Crippen molar-refractivity contribution < 1.29 is 14.6 Å². The van der Waals surface area contributed by atoms with E-state index in [9.17, 15) is 4.79 Å². The molecule has 0 radical (unpaired) electrons. The minimum Gasteiger partial charge on any atom is -0.467 e. The van der Waals surface area contributed by atoms with Crippen molar-refractivity contribution >= 4 is 5.97 Å². The summed E-state index contributed by atoms with van der Waals surface area (Å²) in [5.74, 6) is 1.05. The van der Waals surface area contributed by atoms with Crippen LogP contribution in [0.1, 0.15) is 6.92 Å². The first-order chi connectivity index (χ1) is 4.63. The number of carbonyl (C=O) groups is 1. The molecule has 0 fully saturated rings. The van der Waals surface area contributed by atoms with Crippen LogP contribution < -0.4 is 0 Å². The number of hydrogen-bond acceptors (Lipinski definition) is 3. The fraction of sp³-hybridized carbons (Fsp3) is 0.571. The second-order valence-electron chi connectivity index (χ2n) is 1.92. The minimum absolute atomic E-state index is 0.493. The SMILES string of the molecule is C#C[C@H](C)[C@@H](O)C(=O)OC. The summed E-state index contributed by atoms with van der Waals surface area (Å²) >= 11 is 0. The highest BCUT2D eigenvalue weighted by atomic mass is 16.5. The molecule has 3 heteroatoms. The number of terminal acetylenes is 1. The molecular formula is C7H10O3. The zero-order valence-corrected chi connectivity index (χ0v) is 6.00. The molecule has 3 nitrogen and oxygen atoms in total. The van der Waals surface area contributed by atoms with Crippen molar-refractivity contribution in [3.05, 3.63) is 0 Å². The van der Waals surface area contributed by atoms with Gasteiger partial charge in [-0.3, -0.25) is 0 Å². The van der Waals surface area contributed by atoms with Crippen molar-refractivity contribution in [3.63, 3.8) is 0 Å². The first-order valence-corrected chi connectivity index (χ1v) is 2.85. The topological polar surface area (TPSA) is 46.5 Å². The van der Waals surface area contributed by atoms with Gasteiger partial charge in [0.05, 0.1) is 13.0 Å². The fourth-order valence-corrected chi connectivity index (χ4v) is 0.416. The first-order valence-electron chi connectivity index (χ1n) is 2.85. The van der Waals surface area contributed by atoms with Crippen molar-refractivity contribution in [2.75, 3.05) is 7.11 Å². The molecule has 0 spiro atoms. The monoisotopic (exact) mass is 142 g/mol. The number of carbonyl (C=O) groups excluding carboxylic acids is 1. The van der Waals surface area contributed by atoms with E-state index < -0.39 is 18.0 Å². The first kappa shape index (κ1) is 8.99. The van der Waals surface area contributed by atoms with Crippen LogP contribution in [0, 0.1) is 18.3 Å². The van der Waals surface area contributed by atoms with Crippen molar-refractivity contribution in [2.45, 2.75) is 13.0 Å². The van der Waals surface area contributed by atoms with E-state index in [2.05, 4.69) is 10.7 Å². The lowest BCUT2D eigenvalue weighted by atomic mass is 10.1. The molecular weight excluding hydrogens is 132 g/mol. The highest BCUT2D eigenvalue weighted by molar-refractivity contribution is 5.74. The molecule has 0 heterocycles. The van der Waals surface area contributed by atoms with Crippen molar-refractivity contribution in [2.24, 2.45) is 5.92 Å². The summed E-state index contributed by atoms with van der Waals surface area (Å²) in [6.45, 7) is 1.57. The van der Waals surface area contributed by atoms with Gasteiger partial charge in [0.1, 0.15) is 0 Å². The third kappa shape index (κ3) is 2.08. The Bertz CT molecular complexity index is 157. The Morgan fingerprint density at radius 3 is 2.60 bits per heavy atom. The van der Waals surface area contributed by atoms with Crippen LogP contribution in [0.4, 0.5) is 0 Å². The van der Waals surface area contributed by atoms with E-state index in [-0.39, 0.29) is 0 Å². The van der Waals surface area contributed by atoms with Crippen LogP contribution >= 0.6 is 0 Å². The van der Waals surface area contributed by atoms with E-state index in [1.54, 1.807) is 6.92 Å². The van der Waals surface area contributed by atoms with E-state index in [0.29, 0.717) is 0 Å². The third-order valence-corrected chi connectivity index (χ3v) is 1.18. The van der Waals surface area contributed by atoms with Gasteiger partial charge in [0.25, 0.3) is 0 Å². The summed E-state index contributed by atoms with van der Waals surface area (Å²) in [5.41, 5.74) is 0. The molecule has 0 unspecified atom stereocenters. The van der Waals surface area contributed by atoms with Gasteiger partial charge in [-0.1, -0.05) is 0 Å². The lowest BCUT2D eigenvalue weighted by Gasteiger charge is -2.09. The molecule has 1 N–H and O–H groups in total. The Morgan fingerprint density at radius 2 is 2.30 bits per heavy atom. The third-order valence-electron chi connectivity index (χ3n) is 1.18. The van der Waals surface area contributed by atoms with Gasteiger partial charge in [0.2, 0.25) is 0 Å². The standard InChI is InChI=1S/C7H10O3/c1-4-5(2)6(8)7(9)10-3/h1,5-6,8H,2-3H3/t5-,6+/m0/s1. The van der Waals surface area contributed by atoms with E-state index in [0.717, 1.165) is 0 Å². The van der Waals surface area contributed by atoms with Crippen LogP contribution in [0.15, 0.2) is 0 Å². The van der Waals surface area contributed by atoms with Gasteiger partial charge in [0.15, 0.2) is 6.10 Å². The lowest BCUT2D eigenvalue weighted by Crippen LogP contribution is -2.27. The molecule has 0 rings (SSSR count). The number of esters is 1. The molecule has 0 saturated carbocycles. The van der Waals surface area contributed by atoms with Crippen LogP contribution in [0.2, 0.25) is 0 Å². The molecule has 2 atom stereocenters. The quantitative estimate of drug-likeness (QED) is 0.428. The zero-order valence-electron chi connectivity index (χ0n) is 6.00. The molecule has 56 valence electrons. The van der Waals surface area contributed by atoms with E-state index in [1.807, 2.05) is 0 Å². The maximum atomic E-state index is 10.5. The van der Waals surface area contributed by atoms with Crippen LogP contribution in [0.25, 0.3) is 0 Å². The second-order valence-corrected chi connectivity index (χ2v) is 1.92. The molecule has 0 saturated heterocycles. The molecule has 0 aliphatic carbocycles. The molecule has 0 aliphatic heterocycles. The number of aliphatic hydroxyl groups is 1. The number of ether oxygens (including phenoxy) is 1. The number of aliphatic hydroxyl groups excluding tert-OH is 1. The minimum atomic E-state index is -1.20. The maximum absolute atomic E-state index is 10.5. The largest absolute Gasteiger partial charge is 0.467 e. The average molecular weight is 142 g/mol. The molecule has 0 aromatic heterocycles. The molecule has 0 amide bonds. The summed E-state index contributed by atoms with van der Waals surface area (Å²) in [6.07, 6.45) is 3.75. The highest BCUT2D eigenvalue weighted by Crippen LogP contribution is 2.01. The Hall–Kier alpha value is -1.01. The fourth-order valence-electron chi connectivity index (χ4n) is 0.416. The van der Waals surface area contributed by atoms with Crippen molar-refractivity contribution in [1.82, 2.24) is 0 Å². The Morgan fingerprint density at radius 1 is 1.80 bits per heavy atom. The average Bonchev–Trinajstić information content (AvgIpc) is 2.00. The summed E-state index contributed by atoms with van der Waals surface area (Å²) in [6, 6.07) is 0. The van der Waals surface area contributed by atoms with Crippen LogP contribution in [0.3, 0.4) is 0 Å². The number of methoxy groups -OCH3 is 1. The summed E-state index contributed by atoms with van der Waals surface area (Å²) in [5, 5.41) is 8.97. The zero-order chi connectivity index (χ0) is 8.15. The molecule has 10 heavy (non-hydrogen) atoms. The summed E-state index contributed by atoms with van der Waals surface area (Å²) < 4.78 is 4.25. The summed E-state index contributed by atoms with van der Waals surface area (Å²) in [4.78, 5) is 10.5. The molecule has 0 aliphatic rings. The predicted octanol–water partition coefficient (Wildman–Crippen LogP) is -0.210. The molecule has 0 bridgehead atoms. The Labute approximate surface area is 60.0 Å². The smallest absolute Gasteiger partial charge is 0.335 e. The second kappa shape index (κ2) is 3.91. The van der Waals surface area contributed by atoms with E-state index >= 15 is 0 Å². The van der Waals surface area contributed by atoms with Gasteiger partial charge < -0.3 is 9.84 Å². The Kier molecular flexibility index (Phi) is 3.52. The number of hydrogen-bond donors (Lipinski definition) is 1. The van der Waals surface area contributed by atoms with Gasteiger partial charge in [-0.05, 0) is 6.92 Å². The number of rotatable bonds is 2. The molecule has 0 aromatic carbocycles.